The number of carbonyl (C=O) groups excluding carboxylic acids is 1. The molecular weight excluding hydrogens is 292 g/mol. The fourth-order valence-corrected chi connectivity index (χ4v) is 2.27. The van der Waals surface area contributed by atoms with Gasteiger partial charge in [-0.05, 0) is 34.8 Å². The summed E-state index contributed by atoms with van der Waals surface area (Å²) in [5.41, 5.74) is 0.0394. The fraction of sp³-hybridized carbons (Fsp3) is 0.417. The van der Waals surface area contributed by atoms with Crippen molar-refractivity contribution in [3.05, 3.63) is 28.2 Å². The average Bonchev–Trinajstić information content (AvgIpc) is 2.49. The van der Waals surface area contributed by atoms with Crippen LogP contribution in [-0.4, -0.2) is 12.5 Å². The minimum absolute atomic E-state index is 0.0394. The van der Waals surface area contributed by atoms with Crippen LogP contribution in [0, 0.1) is 11.6 Å². The quantitative estimate of drug-likeness (QED) is 0.726. The molecule has 1 aromatic rings. The minimum Gasteiger partial charge on any atom is -0.310 e. The molecule has 0 radical (unpaired) electrons. The standard InChI is InChI=1S/C12H12BrF2NO/c13-8-6-10(15)11(7-9(8)14)16-5-3-1-2-4-12(16)17/h6-7H,1-5H2. The first-order chi connectivity index (χ1) is 8.09. The summed E-state index contributed by atoms with van der Waals surface area (Å²) in [6.45, 7) is 0.455. The lowest BCUT2D eigenvalue weighted by Crippen LogP contribution is -2.30. The molecule has 0 unspecified atom stereocenters. The van der Waals surface area contributed by atoms with Gasteiger partial charge in [0.15, 0.2) is 0 Å². The Morgan fingerprint density at radius 3 is 2.65 bits per heavy atom. The van der Waals surface area contributed by atoms with Crippen LogP contribution in [0.3, 0.4) is 0 Å². The van der Waals surface area contributed by atoms with Crippen LogP contribution in [-0.2, 0) is 4.79 Å². The van der Waals surface area contributed by atoms with Gasteiger partial charge in [0.05, 0.1) is 10.2 Å². The van der Waals surface area contributed by atoms with E-state index in [0.29, 0.717) is 13.0 Å². The first kappa shape index (κ1) is 12.5. The van der Waals surface area contributed by atoms with E-state index in [2.05, 4.69) is 15.9 Å². The Bertz CT molecular complexity index is 450. The van der Waals surface area contributed by atoms with Gasteiger partial charge in [0.1, 0.15) is 11.6 Å². The summed E-state index contributed by atoms with van der Waals surface area (Å²) in [6, 6.07) is 2.13. The van der Waals surface area contributed by atoms with Crippen LogP contribution in [0.4, 0.5) is 14.5 Å². The molecule has 1 aliphatic heterocycles. The van der Waals surface area contributed by atoms with Crippen LogP contribution in [0.2, 0.25) is 0 Å². The number of anilines is 1. The van der Waals surface area contributed by atoms with Gasteiger partial charge in [0, 0.05) is 19.0 Å². The molecule has 1 aromatic carbocycles. The van der Waals surface area contributed by atoms with Gasteiger partial charge in [0.2, 0.25) is 5.91 Å². The second kappa shape index (κ2) is 5.12. The Morgan fingerprint density at radius 1 is 1.12 bits per heavy atom. The zero-order valence-corrected chi connectivity index (χ0v) is 10.8. The largest absolute Gasteiger partial charge is 0.310 e. The second-order valence-electron chi connectivity index (χ2n) is 4.07. The Balaban J connectivity index is 2.37. The predicted molar refractivity (Wildman–Crippen MR) is 64.9 cm³/mol. The molecule has 0 saturated carbocycles. The molecule has 1 amide bonds. The monoisotopic (exact) mass is 303 g/mol. The number of rotatable bonds is 1. The molecule has 1 saturated heterocycles. The van der Waals surface area contributed by atoms with Gasteiger partial charge in [-0.1, -0.05) is 6.42 Å². The van der Waals surface area contributed by atoms with E-state index in [-0.39, 0.29) is 16.1 Å². The summed E-state index contributed by atoms with van der Waals surface area (Å²) in [4.78, 5) is 13.1. The molecule has 1 aliphatic rings. The summed E-state index contributed by atoms with van der Waals surface area (Å²) < 4.78 is 27.2. The maximum atomic E-state index is 13.7. The molecule has 1 heterocycles. The molecule has 0 atom stereocenters. The van der Waals surface area contributed by atoms with Crippen molar-refractivity contribution in [3.8, 4) is 0 Å². The third-order valence-electron chi connectivity index (χ3n) is 2.85. The highest BCUT2D eigenvalue weighted by molar-refractivity contribution is 9.10. The molecule has 0 bridgehead atoms. The van der Waals surface area contributed by atoms with Crippen LogP contribution < -0.4 is 4.90 Å². The summed E-state index contributed by atoms with van der Waals surface area (Å²) in [5.74, 6) is -1.27. The van der Waals surface area contributed by atoms with Gasteiger partial charge < -0.3 is 4.90 Å². The topological polar surface area (TPSA) is 20.3 Å². The van der Waals surface area contributed by atoms with E-state index in [1.807, 2.05) is 0 Å². The smallest absolute Gasteiger partial charge is 0.227 e. The fourth-order valence-electron chi connectivity index (χ4n) is 1.96. The summed E-state index contributed by atoms with van der Waals surface area (Å²) in [5, 5.41) is 0. The summed E-state index contributed by atoms with van der Waals surface area (Å²) in [6.07, 6.45) is 2.98. The maximum absolute atomic E-state index is 13.7. The van der Waals surface area contributed by atoms with Gasteiger partial charge in [0.25, 0.3) is 0 Å². The van der Waals surface area contributed by atoms with Crippen LogP contribution >= 0.6 is 15.9 Å². The number of hydrogen-bond acceptors (Lipinski definition) is 1. The number of carbonyl (C=O) groups is 1. The molecule has 92 valence electrons. The molecule has 0 spiro atoms. The Hall–Kier alpha value is -0.970. The maximum Gasteiger partial charge on any atom is 0.227 e. The highest BCUT2D eigenvalue weighted by atomic mass is 79.9. The highest BCUT2D eigenvalue weighted by Gasteiger charge is 2.22. The van der Waals surface area contributed by atoms with Crippen LogP contribution in [0.15, 0.2) is 16.6 Å². The van der Waals surface area contributed by atoms with E-state index in [1.54, 1.807) is 0 Å². The van der Waals surface area contributed by atoms with Gasteiger partial charge in [-0.15, -0.1) is 0 Å². The zero-order valence-electron chi connectivity index (χ0n) is 9.18. The lowest BCUT2D eigenvalue weighted by Gasteiger charge is -2.21. The molecule has 2 nitrogen and oxygen atoms in total. The van der Waals surface area contributed by atoms with Crippen molar-refractivity contribution in [3.63, 3.8) is 0 Å². The summed E-state index contributed by atoms with van der Waals surface area (Å²) >= 11 is 2.92. The van der Waals surface area contributed by atoms with Crippen molar-refractivity contribution in [2.45, 2.75) is 25.7 Å². The number of benzene rings is 1. The SMILES string of the molecule is O=C1CCCCCN1c1cc(F)c(Br)cc1F. The van der Waals surface area contributed by atoms with Gasteiger partial charge in [-0.25, -0.2) is 8.78 Å². The average molecular weight is 304 g/mol. The van der Waals surface area contributed by atoms with Crippen molar-refractivity contribution in [1.82, 2.24) is 0 Å². The number of nitrogens with zero attached hydrogens (tertiary/aromatic N) is 1. The third kappa shape index (κ3) is 2.65. The molecular formula is C12H12BrF2NO. The Labute approximate surface area is 107 Å². The lowest BCUT2D eigenvalue weighted by atomic mass is 10.2. The van der Waals surface area contributed by atoms with Crippen molar-refractivity contribution >= 4 is 27.5 Å². The van der Waals surface area contributed by atoms with Gasteiger partial charge in [-0.3, -0.25) is 4.79 Å². The van der Waals surface area contributed by atoms with Gasteiger partial charge >= 0.3 is 0 Å². The molecule has 0 aliphatic carbocycles. The molecule has 5 heteroatoms. The lowest BCUT2D eigenvalue weighted by molar-refractivity contribution is -0.118. The normalized spacial score (nSPS) is 17.1. The van der Waals surface area contributed by atoms with Crippen molar-refractivity contribution in [2.75, 3.05) is 11.4 Å². The first-order valence-electron chi connectivity index (χ1n) is 5.54. The van der Waals surface area contributed by atoms with E-state index in [9.17, 15) is 13.6 Å². The van der Waals surface area contributed by atoms with E-state index < -0.39 is 11.6 Å². The Kier molecular flexibility index (Phi) is 3.76. The first-order valence-corrected chi connectivity index (χ1v) is 6.34. The van der Waals surface area contributed by atoms with E-state index in [4.69, 9.17) is 0 Å². The second-order valence-corrected chi connectivity index (χ2v) is 4.93. The number of hydrogen-bond donors (Lipinski definition) is 0. The molecule has 2 rings (SSSR count). The number of amides is 1. The van der Waals surface area contributed by atoms with Crippen LogP contribution in [0.1, 0.15) is 25.7 Å². The van der Waals surface area contributed by atoms with E-state index in [0.717, 1.165) is 31.4 Å². The van der Waals surface area contributed by atoms with Crippen molar-refractivity contribution in [2.24, 2.45) is 0 Å². The summed E-state index contributed by atoms with van der Waals surface area (Å²) in [7, 11) is 0. The van der Waals surface area contributed by atoms with Gasteiger partial charge in [-0.2, -0.15) is 0 Å². The molecule has 17 heavy (non-hydrogen) atoms. The van der Waals surface area contributed by atoms with Crippen LogP contribution in [0.5, 0.6) is 0 Å². The van der Waals surface area contributed by atoms with Crippen molar-refractivity contribution in [1.29, 1.82) is 0 Å². The zero-order chi connectivity index (χ0) is 12.4. The molecule has 0 aromatic heterocycles. The van der Waals surface area contributed by atoms with Crippen molar-refractivity contribution < 1.29 is 13.6 Å². The minimum atomic E-state index is -0.575. The molecule has 1 fully saturated rings. The van der Waals surface area contributed by atoms with E-state index in [1.165, 1.54) is 4.90 Å². The number of halogens is 3. The molecule has 0 N–H and O–H groups in total. The Morgan fingerprint density at radius 2 is 1.88 bits per heavy atom. The van der Waals surface area contributed by atoms with E-state index >= 15 is 0 Å². The highest BCUT2D eigenvalue weighted by Crippen LogP contribution is 2.28. The predicted octanol–water partition coefficient (Wildman–Crippen LogP) is 3.63. The van der Waals surface area contributed by atoms with Crippen LogP contribution in [0.25, 0.3) is 0 Å². The third-order valence-corrected chi connectivity index (χ3v) is 3.46.